The second-order valence-electron chi connectivity index (χ2n) is 3.72. The molecule has 0 fully saturated rings. The zero-order valence-corrected chi connectivity index (χ0v) is 11.4. The van der Waals surface area contributed by atoms with E-state index in [1.807, 2.05) is 0 Å². The van der Waals surface area contributed by atoms with Gasteiger partial charge in [-0.1, -0.05) is 25.4 Å². The van der Waals surface area contributed by atoms with Gasteiger partial charge in [-0.2, -0.15) is 0 Å². The lowest BCUT2D eigenvalue weighted by atomic mass is 10.1. The monoisotopic (exact) mass is 274 g/mol. The van der Waals surface area contributed by atoms with Gasteiger partial charge >= 0.3 is 0 Å². The summed E-state index contributed by atoms with van der Waals surface area (Å²) in [5.41, 5.74) is 0.387. The summed E-state index contributed by atoms with van der Waals surface area (Å²) in [6.07, 6.45) is 0.289. The largest absolute Gasteiger partial charge is 0.293 e. The molecule has 3 nitrogen and oxygen atoms in total. The van der Waals surface area contributed by atoms with Gasteiger partial charge in [0.05, 0.1) is 0 Å². The first-order chi connectivity index (χ1) is 7.92. The van der Waals surface area contributed by atoms with Crippen LogP contribution in [0.2, 0.25) is 5.02 Å². The van der Waals surface area contributed by atoms with Crippen LogP contribution in [0.25, 0.3) is 0 Å². The van der Waals surface area contributed by atoms with Gasteiger partial charge in [0.2, 0.25) is 0 Å². The van der Waals surface area contributed by atoms with Gasteiger partial charge in [-0.15, -0.1) is 0 Å². The van der Waals surface area contributed by atoms with Crippen LogP contribution >= 0.6 is 11.6 Å². The number of ketones is 1. The molecule has 1 aromatic rings. The van der Waals surface area contributed by atoms with Crippen LogP contribution < -0.4 is 0 Å². The summed E-state index contributed by atoms with van der Waals surface area (Å²) in [5, 5.41) is -0.429. The van der Waals surface area contributed by atoms with Crippen molar-refractivity contribution < 1.29 is 13.2 Å². The van der Waals surface area contributed by atoms with E-state index in [0.717, 1.165) is 0 Å². The van der Waals surface area contributed by atoms with Gasteiger partial charge in [0.15, 0.2) is 15.6 Å². The Labute approximate surface area is 107 Å². The minimum Gasteiger partial charge on any atom is -0.293 e. The highest BCUT2D eigenvalue weighted by molar-refractivity contribution is 7.92. The minimum atomic E-state index is -3.35. The van der Waals surface area contributed by atoms with E-state index in [0.29, 0.717) is 10.6 Å². The molecule has 0 aromatic heterocycles. The summed E-state index contributed by atoms with van der Waals surface area (Å²) in [4.78, 5) is 12.1. The number of hydrogen-bond donors (Lipinski definition) is 0. The molecule has 0 unspecified atom stereocenters. The molecular formula is C12H15ClO3S. The summed E-state index contributed by atoms with van der Waals surface area (Å²) in [6.45, 7) is 3.25. The van der Waals surface area contributed by atoms with E-state index in [9.17, 15) is 13.2 Å². The molecule has 1 atom stereocenters. The molecule has 0 saturated heterocycles. The van der Waals surface area contributed by atoms with Crippen molar-refractivity contribution in [2.24, 2.45) is 0 Å². The molecule has 0 heterocycles. The highest BCUT2D eigenvalue weighted by atomic mass is 35.5. The van der Waals surface area contributed by atoms with Gasteiger partial charge in [0.1, 0.15) is 5.25 Å². The van der Waals surface area contributed by atoms with Crippen LogP contribution in [0.15, 0.2) is 24.3 Å². The molecule has 0 radical (unpaired) electrons. The summed E-state index contributed by atoms with van der Waals surface area (Å²) in [7, 11) is -3.35. The average molecular weight is 275 g/mol. The first-order valence-electron chi connectivity index (χ1n) is 5.43. The fourth-order valence-corrected chi connectivity index (χ4v) is 3.10. The molecular weight excluding hydrogens is 260 g/mol. The molecule has 0 aliphatic heterocycles. The fourth-order valence-electron chi connectivity index (χ4n) is 1.60. The Morgan fingerprint density at radius 2 is 1.76 bits per heavy atom. The van der Waals surface area contributed by atoms with E-state index < -0.39 is 15.1 Å². The van der Waals surface area contributed by atoms with E-state index in [1.165, 1.54) is 0 Å². The number of hydrogen-bond acceptors (Lipinski definition) is 3. The Morgan fingerprint density at radius 3 is 2.18 bits per heavy atom. The summed E-state index contributed by atoms with van der Waals surface area (Å²) >= 11 is 5.72. The normalized spacial score (nSPS) is 13.4. The van der Waals surface area contributed by atoms with Gasteiger partial charge in [0, 0.05) is 16.3 Å². The van der Waals surface area contributed by atoms with Crippen molar-refractivity contribution in [2.45, 2.75) is 25.5 Å². The maximum Gasteiger partial charge on any atom is 0.180 e. The van der Waals surface area contributed by atoms with Gasteiger partial charge < -0.3 is 0 Å². The highest BCUT2D eigenvalue weighted by Crippen LogP contribution is 2.16. The number of carbonyl (C=O) groups excluding carboxylic acids is 1. The zero-order chi connectivity index (χ0) is 13.1. The number of sulfone groups is 1. The summed E-state index contributed by atoms with van der Waals surface area (Å²) < 4.78 is 23.5. The molecule has 5 heteroatoms. The van der Waals surface area contributed by atoms with E-state index in [2.05, 4.69) is 0 Å². The van der Waals surface area contributed by atoms with Gasteiger partial charge in [0.25, 0.3) is 0 Å². The molecule has 1 rings (SSSR count). The van der Waals surface area contributed by atoms with Crippen molar-refractivity contribution in [3.8, 4) is 0 Å². The van der Waals surface area contributed by atoms with Crippen LogP contribution in [0, 0.1) is 0 Å². The van der Waals surface area contributed by atoms with Gasteiger partial charge in [-0.3, -0.25) is 4.79 Å². The highest BCUT2D eigenvalue weighted by Gasteiger charge is 2.29. The SMILES string of the molecule is CC[C@H](C(=O)c1ccc(Cl)cc1)S(=O)(=O)CC. The zero-order valence-electron chi connectivity index (χ0n) is 9.81. The topological polar surface area (TPSA) is 51.2 Å². The Kier molecular flexibility index (Phi) is 4.71. The summed E-state index contributed by atoms with van der Waals surface area (Å²) in [6, 6.07) is 6.27. The predicted molar refractivity (Wildman–Crippen MR) is 69.3 cm³/mol. The second kappa shape index (κ2) is 5.65. The second-order valence-corrected chi connectivity index (χ2v) is 6.63. The van der Waals surface area contributed by atoms with Crippen molar-refractivity contribution in [3.05, 3.63) is 34.9 Å². The third-order valence-electron chi connectivity index (χ3n) is 2.63. The molecule has 94 valence electrons. The molecule has 0 N–H and O–H groups in total. The molecule has 0 aliphatic carbocycles. The molecule has 17 heavy (non-hydrogen) atoms. The molecule has 1 aromatic carbocycles. The number of halogens is 1. The first kappa shape index (κ1) is 14.2. The molecule has 0 aliphatic rings. The van der Waals surface area contributed by atoms with Gasteiger partial charge in [-0.05, 0) is 30.7 Å². The smallest absolute Gasteiger partial charge is 0.180 e. The minimum absolute atomic E-state index is 0.0230. The van der Waals surface area contributed by atoms with Crippen molar-refractivity contribution in [2.75, 3.05) is 5.75 Å². The lowest BCUT2D eigenvalue weighted by Gasteiger charge is -2.13. The quantitative estimate of drug-likeness (QED) is 0.776. The first-order valence-corrected chi connectivity index (χ1v) is 7.53. The van der Waals surface area contributed by atoms with Crippen LogP contribution in [-0.4, -0.2) is 25.2 Å². The molecule has 0 bridgehead atoms. The third kappa shape index (κ3) is 3.30. The van der Waals surface area contributed by atoms with Crippen molar-refractivity contribution in [3.63, 3.8) is 0 Å². The maximum absolute atomic E-state index is 12.1. The third-order valence-corrected chi connectivity index (χ3v) is 5.10. The maximum atomic E-state index is 12.1. The van der Waals surface area contributed by atoms with E-state index >= 15 is 0 Å². The Morgan fingerprint density at radius 1 is 1.24 bits per heavy atom. The van der Waals surface area contributed by atoms with Crippen LogP contribution in [0.1, 0.15) is 30.6 Å². The molecule has 0 amide bonds. The summed E-state index contributed by atoms with van der Waals surface area (Å²) in [5.74, 6) is -0.379. The van der Waals surface area contributed by atoms with E-state index in [-0.39, 0.29) is 18.0 Å². The van der Waals surface area contributed by atoms with E-state index in [1.54, 1.807) is 38.1 Å². The van der Waals surface area contributed by atoms with Crippen LogP contribution in [-0.2, 0) is 9.84 Å². The molecule has 0 saturated carbocycles. The van der Waals surface area contributed by atoms with Crippen molar-refractivity contribution in [1.82, 2.24) is 0 Å². The van der Waals surface area contributed by atoms with Gasteiger partial charge in [-0.25, -0.2) is 8.42 Å². The van der Waals surface area contributed by atoms with Crippen molar-refractivity contribution >= 4 is 27.2 Å². The van der Waals surface area contributed by atoms with Crippen LogP contribution in [0.3, 0.4) is 0 Å². The Balaban J connectivity index is 3.07. The van der Waals surface area contributed by atoms with Crippen LogP contribution in [0.5, 0.6) is 0 Å². The Hall–Kier alpha value is -0.870. The molecule has 0 spiro atoms. The number of benzene rings is 1. The number of rotatable bonds is 5. The van der Waals surface area contributed by atoms with Crippen molar-refractivity contribution in [1.29, 1.82) is 0 Å². The fraction of sp³-hybridized carbons (Fsp3) is 0.417. The predicted octanol–water partition coefficient (Wildman–Crippen LogP) is 2.74. The lowest BCUT2D eigenvalue weighted by molar-refractivity contribution is 0.0985. The lowest BCUT2D eigenvalue weighted by Crippen LogP contribution is -2.31. The van der Waals surface area contributed by atoms with Crippen LogP contribution in [0.4, 0.5) is 0 Å². The number of Topliss-reactive ketones (excluding diaryl/α,β-unsaturated/α-hetero) is 1. The standard InChI is InChI=1S/C12H15ClO3S/c1-3-11(17(15,16)4-2)12(14)9-5-7-10(13)8-6-9/h5-8,11H,3-4H2,1-2H3/t11-/m1/s1. The Bertz CT molecular complexity index is 491. The van der Waals surface area contributed by atoms with E-state index in [4.69, 9.17) is 11.6 Å². The average Bonchev–Trinajstić information content (AvgIpc) is 2.30. The number of carbonyl (C=O) groups is 1.